The van der Waals surface area contributed by atoms with Crippen LogP contribution in [-0.2, 0) is 4.74 Å². The van der Waals surface area contributed by atoms with Gasteiger partial charge in [0.1, 0.15) is 5.75 Å². The molecule has 3 heteroatoms. The van der Waals surface area contributed by atoms with Crippen molar-refractivity contribution >= 4 is 0 Å². The van der Waals surface area contributed by atoms with Crippen LogP contribution in [0.1, 0.15) is 52.1 Å². The Morgan fingerprint density at radius 2 is 1.85 bits per heavy atom. The van der Waals surface area contributed by atoms with Gasteiger partial charge >= 0.3 is 0 Å². The Kier molecular flexibility index (Phi) is 8.31. The molecule has 2 atom stereocenters. The number of hydrogen-bond donors (Lipinski definition) is 1. The maximum absolute atomic E-state index is 5.88. The second-order valence-electron chi connectivity index (χ2n) is 4.98. The molecule has 1 aromatic carbocycles. The first-order valence-corrected chi connectivity index (χ1v) is 7.81. The van der Waals surface area contributed by atoms with Crippen LogP contribution in [0.4, 0.5) is 0 Å². The minimum atomic E-state index is 0.123. The lowest BCUT2D eigenvalue weighted by atomic mass is 10.0. The lowest BCUT2D eigenvalue weighted by molar-refractivity contribution is 0.0464. The minimum Gasteiger partial charge on any atom is -0.493 e. The van der Waals surface area contributed by atoms with Gasteiger partial charge < -0.3 is 14.8 Å². The van der Waals surface area contributed by atoms with Gasteiger partial charge in [0.25, 0.3) is 0 Å². The zero-order valence-electron chi connectivity index (χ0n) is 13.3. The van der Waals surface area contributed by atoms with E-state index in [4.69, 9.17) is 9.47 Å². The number of nitrogens with one attached hydrogen (secondary N) is 1. The van der Waals surface area contributed by atoms with Crippen LogP contribution in [0.25, 0.3) is 0 Å². The van der Waals surface area contributed by atoms with E-state index in [0.29, 0.717) is 0 Å². The fraction of sp³-hybridized carbons (Fsp3) is 0.647. The zero-order chi connectivity index (χ0) is 14.8. The van der Waals surface area contributed by atoms with E-state index in [1.807, 2.05) is 19.1 Å². The molecule has 1 rings (SSSR count). The molecular formula is C17H29NO2. The van der Waals surface area contributed by atoms with E-state index in [2.05, 4.69) is 38.2 Å². The van der Waals surface area contributed by atoms with Crippen molar-refractivity contribution in [3.05, 3.63) is 29.8 Å². The van der Waals surface area contributed by atoms with Gasteiger partial charge in [0.15, 0.2) is 0 Å². The SMILES string of the molecule is CCCNC(c1ccccc1OCCC)C(C)OCC. The lowest BCUT2D eigenvalue weighted by Gasteiger charge is -2.27. The molecule has 0 heterocycles. The monoisotopic (exact) mass is 279 g/mol. The van der Waals surface area contributed by atoms with Gasteiger partial charge in [-0.25, -0.2) is 0 Å². The van der Waals surface area contributed by atoms with Crippen molar-refractivity contribution in [3.8, 4) is 5.75 Å². The molecule has 0 aliphatic heterocycles. The molecule has 0 saturated carbocycles. The van der Waals surface area contributed by atoms with E-state index >= 15 is 0 Å². The van der Waals surface area contributed by atoms with Crippen molar-refractivity contribution in [1.29, 1.82) is 0 Å². The van der Waals surface area contributed by atoms with Crippen LogP contribution in [0.15, 0.2) is 24.3 Å². The maximum Gasteiger partial charge on any atom is 0.124 e. The van der Waals surface area contributed by atoms with E-state index in [9.17, 15) is 0 Å². The minimum absolute atomic E-state index is 0.123. The number of ether oxygens (including phenoxy) is 2. The topological polar surface area (TPSA) is 30.5 Å². The Bertz CT molecular complexity index is 368. The molecule has 0 aliphatic rings. The van der Waals surface area contributed by atoms with Gasteiger partial charge in [0, 0.05) is 12.2 Å². The molecule has 0 bridgehead atoms. The molecule has 0 radical (unpaired) electrons. The molecule has 0 aromatic heterocycles. The molecule has 0 saturated heterocycles. The third-order valence-electron chi connectivity index (χ3n) is 3.23. The van der Waals surface area contributed by atoms with Crippen molar-refractivity contribution in [1.82, 2.24) is 5.32 Å². The molecule has 0 spiro atoms. The number of para-hydroxylation sites is 1. The smallest absolute Gasteiger partial charge is 0.124 e. The highest BCUT2D eigenvalue weighted by Gasteiger charge is 2.22. The van der Waals surface area contributed by atoms with Crippen LogP contribution in [0.3, 0.4) is 0 Å². The molecule has 1 N–H and O–H groups in total. The molecule has 114 valence electrons. The van der Waals surface area contributed by atoms with E-state index < -0.39 is 0 Å². The normalized spacial score (nSPS) is 14.0. The Balaban J connectivity index is 2.92. The summed E-state index contributed by atoms with van der Waals surface area (Å²) in [6.07, 6.45) is 2.24. The second-order valence-corrected chi connectivity index (χ2v) is 4.98. The fourth-order valence-corrected chi connectivity index (χ4v) is 2.27. The van der Waals surface area contributed by atoms with E-state index in [1.54, 1.807) is 0 Å². The van der Waals surface area contributed by atoms with Crippen LogP contribution in [0, 0.1) is 0 Å². The van der Waals surface area contributed by atoms with Crippen molar-refractivity contribution in [3.63, 3.8) is 0 Å². The Morgan fingerprint density at radius 1 is 1.10 bits per heavy atom. The van der Waals surface area contributed by atoms with Gasteiger partial charge in [-0.2, -0.15) is 0 Å². The number of benzene rings is 1. The standard InChI is InChI=1S/C17H29NO2/c1-5-12-18-17(14(4)19-7-3)15-10-8-9-11-16(15)20-13-6-2/h8-11,14,17-18H,5-7,12-13H2,1-4H3. The first-order chi connectivity index (χ1) is 9.74. The molecule has 2 unspecified atom stereocenters. The highest BCUT2D eigenvalue weighted by molar-refractivity contribution is 5.36. The summed E-state index contributed by atoms with van der Waals surface area (Å²) < 4.78 is 11.7. The Labute approximate surface area is 123 Å². The third kappa shape index (κ3) is 5.14. The van der Waals surface area contributed by atoms with Crippen molar-refractivity contribution in [2.24, 2.45) is 0 Å². The van der Waals surface area contributed by atoms with Crippen molar-refractivity contribution in [2.45, 2.75) is 52.7 Å². The average Bonchev–Trinajstić information content (AvgIpc) is 2.47. The van der Waals surface area contributed by atoms with Gasteiger partial charge in [0.2, 0.25) is 0 Å². The van der Waals surface area contributed by atoms with Gasteiger partial charge in [-0.05, 0) is 39.3 Å². The van der Waals surface area contributed by atoms with Gasteiger partial charge in [0.05, 0.1) is 18.8 Å². The van der Waals surface area contributed by atoms with Crippen molar-refractivity contribution < 1.29 is 9.47 Å². The zero-order valence-corrected chi connectivity index (χ0v) is 13.3. The predicted molar refractivity (Wildman–Crippen MR) is 84.4 cm³/mol. The van der Waals surface area contributed by atoms with Crippen molar-refractivity contribution in [2.75, 3.05) is 19.8 Å². The highest BCUT2D eigenvalue weighted by Crippen LogP contribution is 2.28. The summed E-state index contributed by atoms with van der Waals surface area (Å²) >= 11 is 0. The van der Waals surface area contributed by atoms with Crippen LogP contribution in [0.5, 0.6) is 5.75 Å². The van der Waals surface area contributed by atoms with Gasteiger partial charge in [-0.15, -0.1) is 0 Å². The summed E-state index contributed by atoms with van der Waals surface area (Å²) in [4.78, 5) is 0. The molecule has 20 heavy (non-hydrogen) atoms. The summed E-state index contributed by atoms with van der Waals surface area (Å²) in [5.74, 6) is 0.967. The third-order valence-corrected chi connectivity index (χ3v) is 3.23. The summed E-state index contributed by atoms with van der Waals surface area (Å²) in [5.41, 5.74) is 1.19. The molecular weight excluding hydrogens is 250 g/mol. The van der Waals surface area contributed by atoms with E-state index in [1.165, 1.54) is 5.56 Å². The molecule has 0 amide bonds. The van der Waals surface area contributed by atoms with Crippen LogP contribution in [-0.4, -0.2) is 25.9 Å². The van der Waals surface area contributed by atoms with Crippen LogP contribution >= 0.6 is 0 Å². The molecule has 0 aliphatic carbocycles. The quantitative estimate of drug-likeness (QED) is 0.703. The van der Waals surface area contributed by atoms with E-state index in [-0.39, 0.29) is 12.1 Å². The largest absolute Gasteiger partial charge is 0.493 e. The summed E-state index contributed by atoms with van der Waals surface area (Å²) in [6, 6.07) is 8.44. The van der Waals surface area contributed by atoms with Gasteiger partial charge in [-0.1, -0.05) is 32.0 Å². The Morgan fingerprint density at radius 3 is 2.50 bits per heavy atom. The van der Waals surface area contributed by atoms with Crippen LogP contribution < -0.4 is 10.1 Å². The molecule has 3 nitrogen and oxygen atoms in total. The second kappa shape index (κ2) is 9.78. The predicted octanol–water partition coefficient (Wildman–Crippen LogP) is 3.94. The lowest BCUT2D eigenvalue weighted by Crippen LogP contribution is -2.33. The molecule has 1 aromatic rings. The summed E-state index contributed by atoms with van der Waals surface area (Å²) in [6.45, 7) is 10.9. The fourth-order valence-electron chi connectivity index (χ4n) is 2.27. The average molecular weight is 279 g/mol. The maximum atomic E-state index is 5.88. The summed E-state index contributed by atoms with van der Waals surface area (Å²) in [5, 5.41) is 3.58. The van der Waals surface area contributed by atoms with Gasteiger partial charge in [-0.3, -0.25) is 0 Å². The molecule has 0 fully saturated rings. The Hall–Kier alpha value is -1.06. The number of rotatable bonds is 10. The van der Waals surface area contributed by atoms with Crippen LogP contribution in [0.2, 0.25) is 0 Å². The summed E-state index contributed by atoms with van der Waals surface area (Å²) in [7, 11) is 0. The first-order valence-electron chi connectivity index (χ1n) is 7.81. The highest BCUT2D eigenvalue weighted by atomic mass is 16.5. The van der Waals surface area contributed by atoms with E-state index in [0.717, 1.165) is 38.3 Å². The first kappa shape index (κ1) is 17.0. The number of hydrogen-bond acceptors (Lipinski definition) is 3.